The van der Waals surface area contributed by atoms with Crippen molar-refractivity contribution in [2.75, 3.05) is 5.32 Å². The Morgan fingerprint density at radius 3 is 2.46 bits per heavy atom. The summed E-state index contributed by atoms with van der Waals surface area (Å²) in [6, 6.07) is 6.75. The molecule has 0 atom stereocenters. The van der Waals surface area contributed by atoms with Crippen LogP contribution in [0.1, 0.15) is 27.2 Å². The Kier molecular flexibility index (Phi) is 2.91. The van der Waals surface area contributed by atoms with Crippen molar-refractivity contribution in [2.45, 2.75) is 32.7 Å². The third-order valence-corrected chi connectivity index (χ3v) is 2.23. The molecule has 0 spiro atoms. The molecule has 2 heteroatoms. The molecule has 0 radical (unpaired) electrons. The standard InChI is InChI=1S/C11H16FN/c1-4-11(2,3)13-10-8-6-5-7-9(10)12/h5-8,13H,4H2,1-3H3. The first-order valence-corrected chi connectivity index (χ1v) is 4.58. The second kappa shape index (κ2) is 3.77. The molecule has 0 aromatic heterocycles. The van der Waals surface area contributed by atoms with Gasteiger partial charge >= 0.3 is 0 Å². The van der Waals surface area contributed by atoms with E-state index in [9.17, 15) is 4.39 Å². The monoisotopic (exact) mass is 181 g/mol. The van der Waals surface area contributed by atoms with E-state index in [0.29, 0.717) is 5.69 Å². The fourth-order valence-corrected chi connectivity index (χ4v) is 1.02. The number of hydrogen-bond acceptors (Lipinski definition) is 1. The fourth-order valence-electron chi connectivity index (χ4n) is 1.02. The van der Waals surface area contributed by atoms with Crippen LogP contribution < -0.4 is 5.32 Å². The molecule has 0 aliphatic carbocycles. The van der Waals surface area contributed by atoms with E-state index in [4.69, 9.17) is 0 Å². The first-order chi connectivity index (χ1) is 6.05. The van der Waals surface area contributed by atoms with E-state index in [1.165, 1.54) is 6.07 Å². The summed E-state index contributed by atoms with van der Waals surface area (Å²) in [4.78, 5) is 0. The van der Waals surface area contributed by atoms with Crippen LogP contribution in [0.15, 0.2) is 24.3 Å². The highest BCUT2D eigenvalue weighted by Gasteiger charge is 2.15. The first kappa shape index (κ1) is 10.0. The van der Waals surface area contributed by atoms with Crippen LogP contribution in [0.3, 0.4) is 0 Å². The smallest absolute Gasteiger partial charge is 0.146 e. The number of anilines is 1. The van der Waals surface area contributed by atoms with Gasteiger partial charge in [-0.25, -0.2) is 4.39 Å². The molecule has 0 bridgehead atoms. The van der Waals surface area contributed by atoms with Gasteiger partial charge in [0.2, 0.25) is 0 Å². The van der Waals surface area contributed by atoms with Crippen molar-refractivity contribution in [2.24, 2.45) is 0 Å². The van der Waals surface area contributed by atoms with Gasteiger partial charge in [0, 0.05) is 5.54 Å². The maximum atomic E-state index is 13.2. The van der Waals surface area contributed by atoms with Crippen LogP contribution in [0.25, 0.3) is 0 Å². The average molecular weight is 181 g/mol. The van der Waals surface area contributed by atoms with Gasteiger partial charge in [-0.3, -0.25) is 0 Å². The highest BCUT2D eigenvalue weighted by Crippen LogP contribution is 2.20. The van der Waals surface area contributed by atoms with Gasteiger partial charge in [0.05, 0.1) is 5.69 Å². The minimum Gasteiger partial charge on any atom is -0.378 e. The zero-order valence-electron chi connectivity index (χ0n) is 8.39. The number of para-hydroxylation sites is 1. The van der Waals surface area contributed by atoms with Crippen LogP contribution in [0.4, 0.5) is 10.1 Å². The molecule has 0 amide bonds. The third-order valence-electron chi connectivity index (χ3n) is 2.23. The Morgan fingerprint density at radius 2 is 1.92 bits per heavy atom. The van der Waals surface area contributed by atoms with Gasteiger partial charge in [0.1, 0.15) is 5.82 Å². The lowest BCUT2D eigenvalue weighted by Crippen LogP contribution is -2.30. The van der Waals surface area contributed by atoms with Crippen LogP contribution in [0, 0.1) is 5.82 Å². The van der Waals surface area contributed by atoms with Crippen LogP contribution in [-0.2, 0) is 0 Å². The normalized spacial score (nSPS) is 11.4. The van der Waals surface area contributed by atoms with Crippen molar-refractivity contribution < 1.29 is 4.39 Å². The predicted octanol–water partition coefficient (Wildman–Crippen LogP) is 3.43. The highest BCUT2D eigenvalue weighted by molar-refractivity contribution is 5.46. The molecule has 1 nitrogen and oxygen atoms in total. The van der Waals surface area contributed by atoms with E-state index in [2.05, 4.69) is 26.1 Å². The lowest BCUT2D eigenvalue weighted by atomic mass is 10.0. The van der Waals surface area contributed by atoms with Crippen molar-refractivity contribution in [1.82, 2.24) is 0 Å². The zero-order chi connectivity index (χ0) is 9.90. The van der Waals surface area contributed by atoms with Gasteiger partial charge in [0.25, 0.3) is 0 Å². The van der Waals surface area contributed by atoms with Crippen LogP contribution >= 0.6 is 0 Å². The topological polar surface area (TPSA) is 12.0 Å². The molecule has 0 aliphatic heterocycles. The highest BCUT2D eigenvalue weighted by atomic mass is 19.1. The average Bonchev–Trinajstić information content (AvgIpc) is 2.09. The van der Waals surface area contributed by atoms with Crippen LogP contribution in [0.2, 0.25) is 0 Å². The summed E-state index contributed by atoms with van der Waals surface area (Å²) in [5, 5.41) is 3.16. The van der Waals surface area contributed by atoms with Gasteiger partial charge in [-0.1, -0.05) is 19.1 Å². The summed E-state index contributed by atoms with van der Waals surface area (Å²) in [5.41, 5.74) is 0.525. The summed E-state index contributed by atoms with van der Waals surface area (Å²) < 4.78 is 13.2. The van der Waals surface area contributed by atoms with E-state index < -0.39 is 0 Å². The van der Waals surface area contributed by atoms with Gasteiger partial charge in [0.15, 0.2) is 0 Å². The van der Waals surface area contributed by atoms with Crippen LogP contribution in [-0.4, -0.2) is 5.54 Å². The summed E-state index contributed by atoms with van der Waals surface area (Å²) in [6.45, 7) is 6.19. The maximum absolute atomic E-state index is 13.2. The SMILES string of the molecule is CCC(C)(C)Nc1ccccc1F. The molecule has 1 aromatic rings. The van der Waals surface area contributed by atoms with Gasteiger partial charge in [-0.05, 0) is 32.4 Å². The Labute approximate surface area is 79.0 Å². The summed E-state index contributed by atoms with van der Waals surface area (Å²) in [7, 11) is 0. The Morgan fingerprint density at radius 1 is 1.31 bits per heavy atom. The van der Waals surface area contributed by atoms with Gasteiger partial charge in [-0.15, -0.1) is 0 Å². The number of benzene rings is 1. The van der Waals surface area contributed by atoms with E-state index >= 15 is 0 Å². The second-order valence-electron chi connectivity index (χ2n) is 3.84. The molecule has 1 aromatic carbocycles. The molecule has 0 unspecified atom stereocenters. The molecule has 13 heavy (non-hydrogen) atoms. The first-order valence-electron chi connectivity index (χ1n) is 4.58. The largest absolute Gasteiger partial charge is 0.378 e. The molecule has 1 rings (SSSR count). The molecule has 72 valence electrons. The van der Waals surface area contributed by atoms with Crippen molar-refractivity contribution in [1.29, 1.82) is 0 Å². The fraction of sp³-hybridized carbons (Fsp3) is 0.455. The van der Waals surface area contributed by atoms with Crippen LogP contribution in [0.5, 0.6) is 0 Å². The molecule has 0 saturated heterocycles. The second-order valence-corrected chi connectivity index (χ2v) is 3.84. The molecule has 1 N–H and O–H groups in total. The summed E-state index contributed by atoms with van der Waals surface area (Å²) in [6.07, 6.45) is 0.960. The van der Waals surface area contributed by atoms with Crippen molar-refractivity contribution >= 4 is 5.69 Å². The molecule has 0 heterocycles. The van der Waals surface area contributed by atoms with Crippen molar-refractivity contribution in [3.05, 3.63) is 30.1 Å². The van der Waals surface area contributed by atoms with E-state index in [-0.39, 0.29) is 11.4 Å². The Balaban J connectivity index is 2.80. The molecule has 0 fully saturated rings. The molecule has 0 aliphatic rings. The summed E-state index contributed by atoms with van der Waals surface area (Å²) >= 11 is 0. The lowest BCUT2D eigenvalue weighted by Gasteiger charge is -2.26. The zero-order valence-corrected chi connectivity index (χ0v) is 8.39. The van der Waals surface area contributed by atoms with E-state index in [0.717, 1.165) is 6.42 Å². The lowest BCUT2D eigenvalue weighted by molar-refractivity contribution is 0.537. The number of halogens is 1. The molecular weight excluding hydrogens is 165 g/mol. The Bertz CT molecular complexity index is 281. The van der Waals surface area contributed by atoms with Crippen molar-refractivity contribution in [3.63, 3.8) is 0 Å². The maximum Gasteiger partial charge on any atom is 0.146 e. The minimum absolute atomic E-state index is 0.0534. The van der Waals surface area contributed by atoms with Gasteiger partial charge in [-0.2, -0.15) is 0 Å². The minimum atomic E-state index is -0.191. The summed E-state index contributed by atoms with van der Waals surface area (Å²) in [5.74, 6) is -0.191. The number of rotatable bonds is 3. The quantitative estimate of drug-likeness (QED) is 0.753. The third kappa shape index (κ3) is 2.72. The van der Waals surface area contributed by atoms with Crippen molar-refractivity contribution in [3.8, 4) is 0 Å². The van der Waals surface area contributed by atoms with Gasteiger partial charge < -0.3 is 5.32 Å². The number of nitrogens with one attached hydrogen (secondary N) is 1. The molecule has 0 saturated carbocycles. The van der Waals surface area contributed by atoms with E-state index in [1.54, 1.807) is 12.1 Å². The predicted molar refractivity (Wildman–Crippen MR) is 54.4 cm³/mol. The molecular formula is C11H16FN. The Hall–Kier alpha value is -1.05. The number of hydrogen-bond donors (Lipinski definition) is 1. The van der Waals surface area contributed by atoms with E-state index in [1.807, 2.05) is 6.07 Å².